The van der Waals surface area contributed by atoms with E-state index in [9.17, 15) is 4.79 Å². The lowest BCUT2D eigenvalue weighted by atomic mass is 9.98. The van der Waals surface area contributed by atoms with Crippen LogP contribution in [0.15, 0.2) is 54.7 Å². The van der Waals surface area contributed by atoms with Gasteiger partial charge in [-0.1, -0.05) is 30.7 Å². The van der Waals surface area contributed by atoms with Crippen LogP contribution in [0.2, 0.25) is 0 Å². The number of ether oxygens (including phenoxy) is 1. The first-order valence-corrected chi connectivity index (χ1v) is 12.2. The topological polar surface area (TPSA) is 62.7 Å². The van der Waals surface area contributed by atoms with Gasteiger partial charge in [-0.05, 0) is 61.1 Å². The minimum Gasteiger partial charge on any atom is -0.490 e. The standard InChI is InChI=1S/C26H28N2O3S/c29-26(30)21-16-28(17-21)15-18-6-8-20(9-7-18)25-27-14-24(32-25)19-10-12-23(13-11-19)31-22-4-2-1-3-5-22/h6-14,21-22H,1-5,15-17H2,(H,29,30). The first kappa shape index (κ1) is 21.2. The fourth-order valence-electron chi connectivity index (χ4n) is 4.48. The lowest BCUT2D eigenvalue weighted by molar-refractivity contribution is -0.147. The van der Waals surface area contributed by atoms with Gasteiger partial charge >= 0.3 is 5.97 Å². The van der Waals surface area contributed by atoms with E-state index in [1.807, 2.05) is 6.20 Å². The molecule has 6 heteroatoms. The fourth-order valence-corrected chi connectivity index (χ4v) is 5.41. The number of hydrogen-bond acceptors (Lipinski definition) is 5. The largest absolute Gasteiger partial charge is 0.490 e. The molecule has 0 spiro atoms. The van der Waals surface area contributed by atoms with Gasteiger partial charge in [0.2, 0.25) is 0 Å². The molecule has 1 saturated heterocycles. The van der Waals surface area contributed by atoms with Crippen molar-refractivity contribution in [3.63, 3.8) is 0 Å². The van der Waals surface area contributed by atoms with Crippen molar-refractivity contribution in [3.05, 3.63) is 60.3 Å². The SMILES string of the molecule is O=C(O)C1CN(Cc2ccc(-c3ncc(-c4ccc(OC5CCCCC5)cc4)s3)cc2)C1. The van der Waals surface area contributed by atoms with Gasteiger partial charge in [0.15, 0.2) is 0 Å². The molecule has 1 aliphatic heterocycles. The second kappa shape index (κ2) is 9.43. The van der Waals surface area contributed by atoms with Crippen molar-refractivity contribution in [3.8, 4) is 26.8 Å². The number of carboxylic acid groups (broad SMARTS) is 1. The molecule has 32 heavy (non-hydrogen) atoms. The fraction of sp³-hybridized carbons (Fsp3) is 0.385. The summed E-state index contributed by atoms with van der Waals surface area (Å²) < 4.78 is 6.14. The summed E-state index contributed by atoms with van der Waals surface area (Å²) in [6, 6.07) is 16.8. The van der Waals surface area contributed by atoms with Crippen LogP contribution in [0, 0.1) is 5.92 Å². The Kier molecular flexibility index (Phi) is 6.23. The van der Waals surface area contributed by atoms with Gasteiger partial charge in [0.1, 0.15) is 10.8 Å². The number of aromatic nitrogens is 1. The van der Waals surface area contributed by atoms with E-state index < -0.39 is 5.97 Å². The Labute approximate surface area is 192 Å². The van der Waals surface area contributed by atoms with Crippen LogP contribution in [-0.4, -0.2) is 40.2 Å². The molecule has 1 N–H and O–H groups in total. The molecular formula is C26H28N2O3S. The predicted octanol–water partition coefficient (Wildman–Crippen LogP) is 5.71. The third-order valence-corrected chi connectivity index (χ3v) is 7.51. The molecule has 0 radical (unpaired) electrons. The number of nitrogens with zero attached hydrogens (tertiary/aromatic N) is 2. The molecule has 2 fully saturated rings. The molecule has 5 rings (SSSR count). The van der Waals surface area contributed by atoms with Gasteiger partial charge in [0, 0.05) is 31.4 Å². The van der Waals surface area contributed by atoms with Crippen molar-refractivity contribution in [2.75, 3.05) is 13.1 Å². The maximum Gasteiger partial charge on any atom is 0.309 e. The quantitative estimate of drug-likeness (QED) is 0.502. The number of carbonyl (C=O) groups is 1. The van der Waals surface area contributed by atoms with Gasteiger partial charge < -0.3 is 9.84 Å². The molecule has 0 amide bonds. The maximum atomic E-state index is 10.9. The minimum atomic E-state index is -0.692. The molecule has 2 aromatic carbocycles. The Balaban J connectivity index is 1.19. The number of aliphatic carboxylic acids is 1. The molecule has 3 aromatic rings. The van der Waals surface area contributed by atoms with Gasteiger partial charge in [-0.2, -0.15) is 0 Å². The van der Waals surface area contributed by atoms with Gasteiger partial charge in [-0.3, -0.25) is 9.69 Å². The van der Waals surface area contributed by atoms with Crippen molar-refractivity contribution in [1.82, 2.24) is 9.88 Å². The van der Waals surface area contributed by atoms with Crippen molar-refractivity contribution in [2.45, 2.75) is 44.8 Å². The summed E-state index contributed by atoms with van der Waals surface area (Å²) in [5.74, 6) is 0.0521. The van der Waals surface area contributed by atoms with Gasteiger partial charge in [0.25, 0.3) is 0 Å². The average Bonchev–Trinajstić information content (AvgIpc) is 3.28. The van der Waals surface area contributed by atoms with E-state index in [0.29, 0.717) is 19.2 Å². The van der Waals surface area contributed by atoms with E-state index in [2.05, 4.69) is 58.4 Å². The van der Waals surface area contributed by atoms with Gasteiger partial charge in [0.05, 0.1) is 16.9 Å². The van der Waals surface area contributed by atoms with Crippen LogP contribution in [-0.2, 0) is 11.3 Å². The van der Waals surface area contributed by atoms with Crippen molar-refractivity contribution < 1.29 is 14.6 Å². The molecule has 0 unspecified atom stereocenters. The number of likely N-dealkylation sites (tertiary alicyclic amines) is 1. The Morgan fingerprint density at radius 2 is 1.69 bits per heavy atom. The molecule has 2 aliphatic rings. The Morgan fingerprint density at radius 1 is 1.00 bits per heavy atom. The van der Waals surface area contributed by atoms with Crippen LogP contribution in [0.4, 0.5) is 0 Å². The average molecular weight is 449 g/mol. The third-order valence-electron chi connectivity index (χ3n) is 6.41. The van der Waals surface area contributed by atoms with E-state index in [1.165, 1.54) is 37.7 Å². The molecule has 1 saturated carbocycles. The predicted molar refractivity (Wildman–Crippen MR) is 127 cm³/mol. The highest BCUT2D eigenvalue weighted by Crippen LogP contribution is 2.33. The summed E-state index contributed by atoms with van der Waals surface area (Å²) in [6.45, 7) is 2.07. The highest BCUT2D eigenvalue weighted by atomic mass is 32.1. The number of benzene rings is 2. The summed E-state index contributed by atoms with van der Waals surface area (Å²) in [5.41, 5.74) is 3.46. The van der Waals surface area contributed by atoms with Crippen LogP contribution in [0.3, 0.4) is 0 Å². The van der Waals surface area contributed by atoms with Crippen molar-refractivity contribution >= 4 is 17.3 Å². The van der Waals surface area contributed by atoms with Crippen LogP contribution in [0.25, 0.3) is 21.0 Å². The lowest BCUT2D eigenvalue weighted by Gasteiger charge is -2.36. The first-order valence-electron chi connectivity index (χ1n) is 11.4. The zero-order valence-corrected chi connectivity index (χ0v) is 18.9. The Hall–Kier alpha value is -2.70. The van der Waals surface area contributed by atoms with Gasteiger partial charge in [-0.25, -0.2) is 4.98 Å². The van der Waals surface area contributed by atoms with E-state index in [1.54, 1.807) is 11.3 Å². The number of hydrogen-bond donors (Lipinski definition) is 1. The third kappa shape index (κ3) is 4.87. The van der Waals surface area contributed by atoms with E-state index >= 15 is 0 Å². The smallest absolute Gasteiger partial charge is 0.309 e. The monoisotopic (exact) mass is 448 g/mol. The molecule has 2 heterocycles. The Bertz CT molecular complexity index is 1050. The molecule has 1 aliphatic carbocycles. The van der Waals surface area contributed by atoms with Crippen LogP contribution >= 0.6 is 11.3 Å². The van der Waals surface area contributed by atoms with Crippen LogP contribution in [0.5, 0.6) is 5.75 Å². The Morgan fingerprint density at radius 3 is 2.38 bits per heavy atom. The van der Waals surface area contributed by atoms with Crippen molar-refractivity contribution in [2.24, 2.45) is 5.92 Å². The summed E-state index contributed by atoms with van der Waals surface area (Å²) in [6.07, 6.45) is 8.53. The summed E-state index contributed by atoms with van der Waals surface area (Å²) in [7, 11) is 0. The molecule has 0 bridgehead atoms. The minimum absolute atomic E-state index is 0.212. The van der Waals surface area contributed by atoms with Gasteiger partial charge in [-0.15, -0.1) is 11.3 Å². The van der Waals surface area contributed by atoms with E-state index in [-0.39, 0.29) is 5.92 Å². The summed E-state index contributed by atoms with van der Waals surface area (Å²) >= 11 is 1.69. The second-order valence-corrected chi connectivity index (χ2v) is 9.89. The van der Waals surface area contributed by atoms with E-state index in [0.717, 1.165) is 33.3 Å². The maximum absolute atomic E-state index is 10.9. The normalized spacial score (nSPS) is 17.8. The zero-order valence-electron chi connectivity index (χ0n) is 18.1. The molecule has 1 aromatic heterocycles. The van der Waals surface area contributed by atoms with E-state index in [4.69, 9.17) is 9.84 Å². The number of thiazole rings is 1. The molecule has 0 atom stereocenters. The number of carboxylic acids is 1. The summed E-state index contributed by atoms with van der Waals surface area (Å²) in [4.78, 5) is 18.9. The van der Waals surface area contributed by atoms with Crippen LogP contribution < -0.4 is 4.74 Å². The second-order valence-electron chi connectivity index (χ2n) is 8.86. The molecule has 166 valence electrons. The number of rotatable bonds is 7. The summed E-state index contributed by atoms with van der Waals surface area (Å²) in [5, 5.41) is 10.0. The molecule has 5 nitrogen and oxygen atoms in total. The molecular weight excluding hydrogens is 420 g/mol. The highest BCUT2D eigenvalue weighted by Gasteiger charge is 2.32. The van der Waals surface area contributed by atoms with Crippen molar-refractivity contribution in [1.29, 1.82) is 0 Å². The lowest BCUT2D eigenvalue weighted by Crippen LogP contribution is -2.49. The first-order chi connectivity index (χ1) is 15.6. The van der Waals surface area contributed by atoms with Crippen LogP contribution in [0.1, 0.15) is 37.7 Å². The highest BCUT2D eigenvalue weighted by molar-refractivity contribution is 7.18. The zero-order chi connectivity index (χ0) is 21.9.